The predicted molar refractivity (Wildman–Crippen MR) is 100 cm³/mol. The van der Waals surface area contributed by atoms with Crippen molar-refractivity contribution in [1.29, 1.82) is 0 Å². The second-order valence-corrected chi connectivity index (χ2v) is 6.62. The third-order valence-electron chi connectivity index (χ3n) is 4.65. The number of hydrogen-bond donors (Lipinski definition) is 2. The van der Waals surface area contributed by atoms with Crippen molar-refractivity contribution in [1.82, 2.24) is 5.32 Å². The molecule has 0 spiro atoms. The van der Waals surface area contributed by atoms with Gasteiger partial charge in [-0.3, -0.25) is 14.4 Å². The highest BCUT2D eigenvalue weighted by Gasteiger charge is 2.27. The van der Waals surface area contributed by atoms with Crippen molar-refractivity contribution in [3.05, 3.63) is 71.3 Å². The fourth-order valence-corrected chi connectivity index (χ4v) is 3.04. The van der Waals surface area contributed by atoms with E-state index in [1.54, 1.807) is 36.4 Å². The van der Waals surface area contributed by atoms with Gasteiger partial charge in [-0.15, -0.1) is 0 Å². The van der Waals surface area contributed by atoms with E-state index in [-0.39, 0.29) is 24.0 Å². The van der Waals surface area contributed by atoms with Crippen LogP contribution in [-0.4, -0.2) is 36.9 Å². The van der Waals surface area contributed by atoms with E-state index >= 15 is 0 Å². The molecule has 1 aliphatic heterocycles. The maximum absolute atomic E-state index is 12.4. The highest BCUT2D eigenvalue weighted by atomic mass is 16.5. The van der Waals surface area contributed by atoms with E-state index in [1.807, 2.05) is 18.2 Å². The van der Waals surface area contributed by atoms with Gasteiger partial charge in [-0.2, -0.15) is 0 Å². The van der Waals surface area contributed by atoms with Crippen LogP contribution < -0.4 is 11.1 Å². The van der Waals surface area contributed by atoms with Crippen LogP contribution in [0.5, 0.6) is 0 Å². The van der Waals surface area contributed by atoms with Crippen molar-refractivity contribution >= 4 is 17.6 Å². The molecule has 2 atom stereocenters. The van der Waals surface area contributed by atoms with E-state index in [0.29, 0.717) is 30.8 Å². The topological polar surface area (TPSA) is 98.5 Å². The molecule has 0 aromatic heterocycles. The molecule has 6 heteroatoms. The number of amides is 2. The minimum atomic E-state index is -0.797. The number of hydrogen-bond acceptors (Lipinski definition) is 4. The van der Waals surface area contributed by atoms with Crippen molar-refractivity contribution in [2.24, 2.45) is 11.7 Å². The van der Waals surface area contributed by atoms with E-state index in [1.165, 1.54) is 0 Å². The first-order valence-electron chi connectivity index (χ1n) is 8.90. The number of ketones is 1. The van der Waals surface area contributed by atoms with E-state index < -0.39 is 11.9 Å². The van der Waals surface area contributed by atoms with Crippen molar-refractivity contribution in [3.8, 4) is 0 Å². The Morgan fingerprint density at radius 1 is 1.04 bits per heavy atom. The minimum absolute atomic E-state index is 0.0665. The molecule has 140 valence electrons. The Kier molecular flexibility index (Phi) is 5.98. The number of carbonyl (C=O) groups is 3. The van der Waals surface area contributed by atoms with Crippen molar-refractivity contribution in [2.45, 2.75) is 18.9 Å². The first-order valence-corrected chi connectivity index (χ1v) is 8.90. The molecular formula is C21H22N2O4. The number of carbonyl (C=O) groups excluding carboxylic acids is 3. The molecule has 1 aliphatic rings. The van der Waals surface area contributed by atoms with Gasteiger partial charge in [0.1, 0.15) is 6.04 Å². The Morgan fingerprint density at radius 3 is 2.30 bits per heavy atom. The Hall–Kier alpha value is -2.99. The third kappa shape index (κ3) is 4.80. The smallest absolute Gasteiger partial charge is 0.240 e. The summed E-state index contributed by atoms with van der Waals surface area (Å²) in [6.07, 6.45) is 0.919. The lowest BCUT2D eigenvalue weighted by Gasteiger charge is -2.18. The van der Waals surface area contributed by atoms with Crippen LogP contribution in [-0.2, 0) is 20.7 Å². The molecule has 2 aromatic rings. The largest absolute Gasteiger partial charge is 0.381 e. The molecule has 2 amide bonds. The predicted octanol–water partition coefficient (Wildman–Crippen LogP) is 1.47. The Labute approximate surface area is 157 Å². The van der Waals surface area contributed by atoms with Gasteiger partial charge in [-0.25, -0.2) is 0 Å². The first kappa shape index (κ1) is 18.8. The highest BCUT2D eigenvalue weighted by molar-refractivity contribution is 6.08. The summed E-state index contributed by atoms with van der Waals surface area (Å²) < 4.78 is 5.20. The lowest BCUT2D eigenvalue weighted by Crippen LogP contribution is -2.48. The summed E-state index contributed by atoms with van der Waals surface area (Å²) in [4.78, 5) is 36.4. The zero-order valence-corrected chi connectivity index (χ0v) is 14.9. The molecule has 0 saturated carbocycles. The van der Waals surface area contributed by atoms with Gasteiger partial charge < -0.3 is 15.8 Å². The van der Waals surface area contributed by atoms with Gasteiger partial charge in [0.05, 0.1) is 12.5 Å². The van der Waals surface area contributed by atoms with Gasteiger partial charge in [0.2, 0.25) is 11.8 Å². The number of nitrogens with one attached hydrogen (secondary N) is 1. The number of ether oxygens (including phenoxy) is 1. The lowest BCUT2D eigenvalue weighted by molar-refractivity contribution is -0.129. The molecule has 27 heavy (non-hydrogen) atoms. The van der Waals surface area contributed by atoms with Crippen molar-refractivity contribution in [2.75, 3.05) is 13.2 Å². The fourth-order valence-electron chi connectivity index (χ4n) is 3.04. The normalized spacial score (nSPS) is 17.3. The second kappa shape index (κ2) is 8.60. The van der Waals surface area contributed by atoms with Crippen LogP contribution in [0, 0.1) is 5.92 Å². The van der Waals surface area contributed by atoms with E-state index in [0.717, 1.165) is 5.56 Å². The summed E-state index contributed by atoms with van der Waals surface area (Å²) in [5, 5.41) is 2.71. The summed E-state index contributed by atoms with van der Waals surface area (Å²) in [7, 11) is 0. The summed E-state index contributed by atoms with van der Waals surface area (Å²) in [5.41, 5.74) is 7.44. The SMILES string of the molecule is NC(=O)[C@H](Cc1ccc(C(=O)c2ccccc2)cc1)NC(=O)[C@@H]1CCOC1. The zero-order valence-electron chi connectivity index (χ0n) is 14.9. The van der Waals surface area contributed by atoms with E-state index in [4.69, 9.17) is 10.5 Å². The average molecular weight is 366 g/mol. The monoisotopic (exact) mass is 366 g/mol. The average Bonchev–Trinajstić information content (AvgIpc) is 3.23. The third-order valence-corrected chi connectivity index (χ3v) is 4.65. The number of primary amides is 1. The first-order chi connectivity index (χ1) is 13.0. The Morgan fingerprint density at radius 2 is 1.70 bits per heavy atom. The van der Waals surface area contributed by atoms with Gasteiger partial charge in [0.15, 0.2) is 5.78 Å². The standard InChI is InChI=1S/C21H22N2O4/c22-20(25)18(23-21(26)17-10-11-27-13-17)12-14-6-8-16(9-7-14)19(24)15-4-2-1-3-5-15/h1-9,17-18H,10-13H2,(H2,22,25)(H,23,26)/t17-,18+/m1/s1. The number of nitrogens with two attached hydrogens (primary N) is 1. The molecule has 0 radical (unpaired) electrons. The van der Waals surface area contributed by atoms with Gasteiger partial charge in [0, 0.05) is 24.2 Å². The molecule has 3 N–H and O–H groups in total. The second-order valence-electron chi connectivity index (χ2n) is 6.62. The summed E-state index contributed by atoms with van der Waals surface area (Å²) >= 11 is 0. The molecule has 2 aromatic carbocycles. The minimum Gasteiger partial charge on any atom is -0.381 e. The maximum atomic E-state index is 12.4. The summed E-state index contributed by atoms with van der Waals surface area (Å²) in [6, 6.07) is 15.2. The number of benzene rings is 2. The number of rotatable bonds is 7. The van der Waals surface area contributed by atoms with Crippen molar-refractivity contribution < 1.29 is 19.1 Å². The van der Waals surface area contributed by atoms with Crippen LogP contribution in [0.15, 0.2) is 54.6 Å². The van der Waals surface area contributed by atoms with Gasteiger partial charge >= 0.3 is 0 Å². The summed E-state index contributed by atoms with van der Waals surface area (Å²) in [6.45, 7) is 0.920. The van der Waals surface area contributed by atoms with Crippen LogP contribution in [0.2, 0.25) is 0 Å². The van der Waals surface area contributed by atoms with Crippen LogP contribution in [0.4, 0.5) is 0 Å². The molecule has 0 bridgehead atoms. The molecule has 6 nitrogen and oxygen atoms in total. The van der Waals surface area contributed by atoms with Crippen LogP contribution >= 0.6 is 0 Å². The molecular weight excluding hydrogens is 344 g/mol. The van der Waals surface area contributed by atoms with Crippen LogP contribution in [0.1, 0.15) is 27.9 Å². The fraction of sp³-hybridized carbons (Fsp3) is 0.286. The van der Waals surface area contributed by atoms with Crippen LogP contribution in [0.3, 0.4) is 0 Å². The van der Waals surface area contributed by atoms with Gasteiger partial charge in [0.25, 0.3) is 0 Å². The lowest BCUT2D eigenvalue weighted by atomic mass is 9.99. The van der Waals surface area contributed by atoms with Crippen molar-refractivity contribution in [3.63, 3.8) is 0 Å². The van der Waals surface area contributed by atoms with Gasteiger partial charge in [-0.1, -0.05) is 54.6 Å². The van der Waals surface area contributed by atoms with E-state index in [2.05, 4.69) is 5.32 Å². The zero-order chi connectivity index (χ0) is 19.2. The molecule has 1 saturated heterocycles. The molecule has 0 unspecified atom stereocenters. The molecule has 0 aliphatic carbocycles. The molecule has 3 rings (SSSR count). The highest BCUT2D eigenvalue weighted by Crippen LogP contribution is 2.14. The quantitative estimate of drug-likeness (QED) is 0.725. The summed E-state index contributed by atoms with van der Waals surface area (Å²) in [5.74, 6) is -1.11. The maximum Gasteiger partial charge on any atom is 0.240 e. The van der Waals surface area contributed by atoms with Crippen LogP contribution in [0.25, 0.3) is 0 Å². The molecule has 1 fully saturated rings. The molecule has 1 heterocycles. The van der Waals surface area contributed by atoms with Gasteiger partial charge in [-0.05, 0) is 12.0 Å². The Balaban J connectivity index is 1.65. The Bertz CT molecular complexity index is 812. The van der Waals surface area contributed by atoms with E-state index in [9.17, 15) is 14.4 Å².